The first-order valence-corrected chi connectivity index (χ1v) is 12.2. The zero-order valence-corrected chi connectivity index (χ0v) is 18.5. The van der Waals surface area contributed by atoms with E-state index in [1.807, 2.05) is 11.3 Å². The lowest BCUT2D eigenvalue weighted by molar-refractivity contribution is -0.174. The Kier molecular flexibility index (Phi) is 6.74. The van der Waals surface area contributed by atoms with Crippen molar-refractivity contribution in [1.82, 2.24) is 5.32 Å². The molecule has 5 aliphatic rings. The van der Waals surface area contributed by atoms with Crippen molar-refractivity contribution < 1.29 is 9.84 Å². The normalized spacial score (nSPS) is 36.4. The largest absolute Gasteiger partial charge is 0.389 e. The van der Waals surface area contributed by atoms with Gasteiger partial charge in [-0.05, 0) is 86.5 Å². The highest BCUT2D eigenvalue weighted by molar-refractivity contribution is 7.10. The van der Waals surface area contributed by atoms with Crippen LogP contribution in [0.1, 0.15) is 75.1 Å². The van der Waals surface area contributed by atoms with Crippen molar-refractivity contribution >= 4 is 23.7 Å². The number of halogens is 1. The molecule has 0 amide bonds. The fourth-order valence-corrected chi connectivity index (χ4v) is 7.96. The van der Waals surface area contributed by atoms with Crippen LogP contribution in [0, 0.1) is 23.7 Å². The van der Waals surface area contributed by atoms with Gasteiger partial charge in [-0.1, -0.05) is 18.9 Å². The number of aliphatic hydroxyl groups is 1. The van der Waals surface area contributed by atoms with Crippen LogP contribution in [0.5, 0.6) is 0 Å². The smallest absolute Gasteiger partial charge is 0.0898 e. The van der Waals surface area contributed by atoms with Crippen molar-refractivity contribution in [2.75, 3.05) is 13.2 Å². The van der Waals surface area contributed by atoms with Gasteiger partial charge in [0.05, 0.1) is 18.3 Å². The maximum absolute atomic E-state index is 10.7. The molecule has 0 aliphatic heterocycles. The second-order valence-electron chi connectivity index (χ2n) is 10.0. The Bertz CT molecular complexity index is 581. The molecule has 158 valence electrons. The molecule has 0 saturated heterocycles. The number of nitrogens with one attached hydrogen (secondary N) is 1. The van der Waals surface area contributed by atoms with E-state index in [1.165, 1.54) is 69.1 Å². The summed E-state index contributed by atoms with van der Waals surface area (Å²) in [5.74, 6) is 3.42. The van der Waals surface area contributed by atoms with Gasteiger partial charge in [0.1, 0.15) is 0 Å². The minimum Gasteiger partial charge on any atom is -0.389 e. The number of ether oxygens (including phenoxy) is 1. The number of rotatable bonds is 8. The number of hydrogen-bond acceptors (Lipinski definition) is 4. The highest BCUT2D eigenvalue weighted by Crippen LogP contribution is 2.57. The second-order valence-corrected chi connectivity index (χ2v) is 11.0. The van der Waals surface area contributed by atoms with Gasteiger partial charge >= 0.3 is 0 Å². The highest BCUT2D eigenvalue weighted by Gasteiger charge is 2.51. The van der Waals surface area contributed by atoms with Gasteiger partial charge in [0, 0.05) is 17.5 Å². The molecule has 2 N–H and O–H groups in total. The van der Waals surface area contributed by atoms with Crippen LogP contribution in [0.15, 0.2) is 17.5 Å². The lowest BCUT2D eigenvalue weighted by Gasteiger charge is -2.56. The predicted octanol–water partition coefficient (Wildman–Crippen LogP) is 5.34. The van der Waals surface area contributed by atoms with Crippen molar-refractivity contribution in [2.45, 2.75) is 82.0 Å². The van der Waals surface area contributed by atoms with Crippen LogP contribution < -0.4 is 5.32 Å². The van der Waals surface area contributed by atoms with E-state index in [4.69, 9.17) is 4.74 Å². The maximum atomic E-state index is 10.7. The quantitative estimate of drug-likeness (QED) is 0.590. The van der Waals surface area contributed by atoms with E-state index in [2.05, 4.69) is 22.8 Å². The molecule has 5 saturated carbocycles. The fourth-order valence-electron chi connectivity index (χ4n) is 7.06. The molecule has 1 heterocycles. The Hall–Kier alpha value is -0.130. The number of hydrogen-bond donors (Lipinski definition) is 2. The molecule has 5 aliphatic carbocycles. The Balaban J connectivity index is 0.00000192. The third-order valence-electron chi connectivity index (χ3n) is 7.86. The van der Waals surface area contributed by atoms with Gasteiger partial charge in [0.2, 0.25) is 0 Å². The van der Waals surface area contributed by atoms with E-state index in [1.54, 1.807) is 0 Å². The van der Waals surface area contributed by atoms with Crippen LogP contribution in [0.4, 0.5) is 0 Å². The molecular formula is C23H36ClNO2S. The Morgan fingerprint density at radius 1 is 1.11 bits per heavy atom. The van der Waals surface area contributed by atoms with Crippen LogP contribution in [0.25, 0.3) is 0 Å². The second kappa shape index (κ2) is 8.93. The third-order valence-corrected chi connectivity index (χ3v) is 8.81. The van der Waals surface area contributed by atoms with Gasteiger partial charge in [0.25, 0.3) is 0 Å². The molecule has 0 spiro atoms. The summed E-state index contributed by atoms with van der Waals surface area (Å²) in [6, 6.07) is 4.80. The molecule has 5 fully saturated rings. The Labute approximate surface area is 180 Å². The summed E-state index contributed by atoms with van der Waals surface area (Å²) in [4.78, 5) is 1.43. The summed E-state index contributed by atoms with van der Waals surface area (Å²) < 4.78 is 6.47. The van der Waals surface area contributed by atoms with Crippen LogP contribution in [0.3, 0.4) is 0 Å². The average molecular weight is 426 g/mol. The standard InChI is InChI=1S/C23H35NO2S.ClH/c25-20(14-24-22(19-4-1-2-5-19)21-6-3-7-27-21)15-26-23-11-16-8-17(12-23)10-18(9-16)13-23;/h3,6-7,16-20,22,24-25H,1-2,4-5,8-15H2;1H. The first-order chi connectivity index (χ1) is 13.2. The highest BCUT2D eigenvalue weighted by atomic mass is 35.5. The lowest BCUT2D eigenvalue weighted by atomic mass is 9.54. The monoisotopic (exact) mass is 425 g/mol. The molecule has 5 heteroatoms. The molecule has 0 radical (unpaired) electrons. The predicted molar refractivity (Wildman–Crippen MR) is 117 cm³/mol. The molecule has 2 unspecified atom stereocenters. The fraction of sp³-hybridized carbons (Fsp3) is 0.826. The minimum absolute atomic E-state index is 0. The van der Waals surface area contributed by atoms with Crippen molar-refractivity contribution in [3.05, 3.63) is 22.4 Å². The summed E-state index contributed by atoms with van der Waals surface area (Å²) in [6.07, 6.45) is 13.0. The summed E-state index contributed by atoms with van der Waals surface area (Å²) >= 11 is 1.85. The molecule has 0 aromatic carbocycles. The first kappa shape index (κ1) is 21.1. The lowest BCUT2D eigenvalue weighted by Crippen LogP contribution is -2.53. The molecule has 1 aromatic rings. The van der Waals surface area contributed by atoms with Gasteiger partial charge < -0.3 is 15.2 Å². The van der Waals surface area contributed by atoms with Gasteiger partial charge in [-0.3, -0.25) is 0 Å². The molecule has 1 aromatic heterocycles. The van der Waals surface area contributed by atoms with Crippen molar-refractivity contribution in [1.29, 1.82) is 0 Å². The van der Waals surface area contributed by atoms with Crippen LogP contribution in [-0.4, -0.2) is 30.0 Å². The summed E-state index contributed by atoms with van der Waals surface area (Å²) in [6.45, 7) is 1.15. The van der Waals surface area contributed by atoms with Crippen LogP contribution in [-0.2, 0) is 4.74 Å². The van der Waals surface area contributed by atoms with Crippen molar-refractivity contribution in [3.63, 3.8) is 0 Å². The van der Waals surface area contributed by atoms with E-state index >= 15 is 0 Å². The van der Waals surface area contributed by atoms with Crippen molar-refractivity contribution in [3.8, 4) is 0 Å². The van der Waals surface area contributed by atoms with Gasteiger partial charge in [-0.25, -0.2) is 0 Å². The van der Waals surface area contributed by atoms with E-state index in [0.717, 1.165) is 23.7 Å². The Morgan fingerprint density at radius 2 is 1.75 bits per heavy atom. The van der Waals surface area contributed by atoms with Crippen LogP contribution >= 0.6 is 23.7 Å². The molecule has 6 rings (SSSR count). The van der Waals surface area contributed by atoms with Crippen molar-refractivity contribution in [2.24, 2.45) is 23.7 Å². The topological polar surface area (TPSA) is 41.5 Å². The molecule has 28 heavy (non-hydrogen) atoms. The van der Waals surface area contributed by atoms with Gasteiger partial charge in [-0.15, -0.1) is 23.7 Å². The van der Waals surface area contributed by atoms with E-state index in [9.17, 15) is 5.11 Å². The minimum atomic E-state index is -0.401. The van der Waals surface area contributed by atoms with E-state index in [-0.39, 0.29) is 18.0 Å². The molecule has 2 atom stereocenters. The summed E-state index contributed by atoms with van der Waals surface area (Å²) in [7, 11) is 0. The third kappa shape index (κ3) is 4.46. The zero-order valence-electron chi connectivity index (χ0n) is 16.9. The van der Waals surface area contributed by atoms with Crippen LogP contribution in [0.2, 0.25) is 0 Å². The molecular weight excluding hydrogens is 390 g/mol. The maximum Gasteiger partial charge on any atom is 0.0898 e. The van der Waals surface area contributed by atoms with Gasteiger partial charge in [0.15, 0.2) is 0 Å². The first-order valence-electron chi connectivity index (χ1n) is 11.3. The zero-order chi connectivity index (χ0) is 18.3. The number of thiophene rings is 1. The SMILES string of the molecule is Cl.OC(CNC(c1cccs1)C1CCCC1)COC12CC3CC(CC(C3)C1)C2. The summed E-state index contributed by atoms with van der Waals surface area (Å²) in [5.41, 5.74) is 0.105. The number of aliphatic hydroxyl groups excluding tert-OH is 1. The van der Waals surface area contributed by atoms with Gasteiger partial charge in [-0.2, -0.15) is 0 Å². The van der Waals surface area contributed by atoms with E-state index < -0.39 is 6.10 Å². The summed E-state index contributed by atoms with van der Waals surface area (Å²) in [5, 5.41) is 16.5. The van der Waals surface area contributed by atoms with E-state index in [0.29, 0.717) is 19.2 Å². The Morgan fingerprint density at radius 3 is 2.32 bits per heavy atom. The average Bonchev–Trinajstić information content (AvgIpc) is 3.34. The molecule has 4 bridgehead atoms. The molecule has 3 nitrogen and oxygen atoms in total.